The Morgan fingerprint density at radius 1 is 1.03 bits per heavy atom. The number of nitrogens with zero attached hydrogens (tertiary/aromatic N) is 2. The smallest absolute Gasteiger partial charge is 0.416 e. The summed E-state index contributed by atoms with van der Waals surface area (Å²) in [7, 11) is -3.80. The highest BCUT2D eigenvalue weighted by Crippen LogP contribution is 2.31. The molecule has 162 valence electrons. The number of anilines is 1. The normalized spacial score (nSPS) is 15.9. The Morgan fingerprint density at radius 2 is 1.63 bits per heavy atom. The van der Waals surface area contributed by atoms with Gasteiger partial charge in [0.1, 0.15) is 0 Å². The van der Waals surface area contributed by atoms with Crippen LogP contribution in [0.2, 0.25) is 0 Å². The number of hydrogen-bond acceptors (Lipinski definition) is 4. The minimum atomic E-state index is -4.40. The van der Waals surface area contributed by atoms with E-state index in [4.69, 9.17) is 5.11 Å². The summed E-state index contributed by atoms with van der Waals surface area (Å²) in [6.07, 6.45) is -4.67. The van der Waals surface area contributed by atoms with Crippen molar-refractivity contribution in [3.05, 3.63) is 59.2 Å². The molecule has 0 aromatic heterocycles. The summed E-state index contributed by atoms with van der Waals surface area (Å²) < 4.78 is 65.4. The zero-order valence-corrected chi connectivity index (χ0v) is 17.0. The molecule has 1 fully saturated rings. The Bertz CT molecular complexity index is 1030. The van der Waals surface area contributed by atoms with Crippen LogP contribution in [0.5, 0.6) is 0 Å². The molecule has 0 unspecified atom stereocenters. The van der Waals surface area contributed by atoms with Crippen LogP contribution in [0.4, 0.5) is 18.9 Å². The van der Waals surface area contributed by atoms with Gasteiger partial charge < -0.3 is 10.0 Å². The van der Waals surface area contributed by atoms with Crippen molar-refractivity contribution in [2.45, 2.75) is 24.4 Å². The van der Waals surface area contributed by atoms with E-state index < -0.39 is 27.7 Å². The Balaban J connectivity index is 1.72. The molecule has 0 radical (unpaired) electrons. The number of halogens is 3. The van der Waals surface area contributed by atoms with Gasteiger partial charge in [-0.2, -0.15) is 17.5 Å². The van der Waals surface area contributed by atoms with E-state index in [2.05, 4.69) is 0 Å². The topological polar surface area (TPSA) is 77.9 Å². The molecule has 1 aliphatic rings. The predicted molar refractivity (Wildman–Crippen MR) is 105 cm³/mol. The lowest BCUT2D eigenvalue weighted by Gasteiger charge is -2.35. The molecule has 30 heavy (non-hydrogen) atoms. The van der Waals surface area contributed by atoms with Gasteiger partial charge in [-0.15, -0.1) is 0 Å². The van der Waals surface area contributed by atoms with E-state index in [0.29, 0.717) is 29.9 Å². The van der Waals surface area contributed by atoms with Crippen LogP contribution in [0.25, 0.3) is 0 Å². The minimum absolute atomic E-state index is 0.0346. The van der Waals surface area contributed by atoms with Crippen LogP contribution in [0, 0.1) is 6.92 Å². The molecule has 0 bridgehead atoms. The largest absolute Gasteiger partial charge is 0.481 e. The van der Waals surface area contributed by atoms with Gasteiger partial charge in [0.15, 0.2) is 0 Å². The van der Waals surface area contributed by atoms with Crippen molar-refractivity contribution in [3.8, 4) is 0 Å². The Labute approximate surface area is 172 Å². The second-order valence-corrected chi connectivity index (χ2v) is 9.03. The fraction of sp³-hybridized carbons (Fsp3) is 0.350. The third kappa shape index (κ3) is 4.76. The van der Waals surface area contributed by atoms with Crippen molar-refractivity contribution in [2.75, 3.05) is 31.1 Å². The van der Waals surface area contributed by atoms with Crippen LogP contribution < -0.4 is 4.90 Å². The molecule has 1 aliphatic heterocycles. The predicted octanol–water partition coefficient (Wildman–Crippen LogP) is 3.15. The Kier molecular flexibility index (Phi) is 6.09. The molecule has 10 heteroatoms. The SMILES string of the molecule is Cc1ccc(S(=O)(=O)N2CCN(c3ccc(C(F)(F)F)cc3)CC2)cc1CC(=O)O. The van der Waals surface area contributed by atoms with Gasteiger partial charge in [0.2, 0.25) is 10.0 Å². The first-order chi connectivity index (χ1) is 14.0. The fourth-order valence-corrected chi connectivity index (χ4v) is 4.83. The van der Waals surface area contributed by atoms with Gasteiger partial charge in [0.25, 0.3) is 0 Å². The highest BCUT2D eigenvalue weighted by atomic mass is 32.2. The standard InChI is InChI=1S/C20H21F3N2O4S/c1-14-2-7-18(12-15(14)13-19(26)27)30(28,29)25-10-8-24(9-11-25)17-5-3-16(4-6-17)20(21,22)23/h2-7,12H,8-11,13H2,1H3,(H,26,27). The number of benzene rings is 2. The molecular formula is C20H21F3N2O4S. The van der Waals surface area contributed by atoms with Crippen LogP contribution in [-0.4, -0.2) is 50.0 Å². The second-order valence-electron chi connectivity index (χ2n) is 7.09. The van der Waals surface area contributed by atoms with Crippen LogP contribution in [-0.2, 0) is 27.4 Å². The van der Waals surface area contributed by atoms with Crippen molar-refractivity contribution >= 4 is 21.7 Å². The second kappa shape index (κ2) is 8.27. The van der Waals surface area contributed by atoms with Gasteiger partial charge >= 0.3 is 12.1 Å². The molecule has 0 spiro atoms. The molecule has 1 heterocycles. The molecular weight excluding hydrogens is 421 g/mol. The first kappa shape index (κ1) is 22.1. The quantitative estimate of drug-likeness (QED) is 0.770. The number of carboxylic acids is 1. The summed E-state index contributed by atoms with van der Waals surface area (Å²) in [5.41, 5.74) is 0.999. The van der Waals surface area contributed by atoms with Crippen molar-refractivity contribution in [1.29, 1.82) is 0 Å². The molecule has 1 N–H and O–H groups in total. The Hall–Kier alpha value is -2.59. The van der Waals surface area contributed by atoms with E-state index >= 15 is 0 Å². The zero-order chi connectivity index (χ0) is 22.1. The maximum Gasteiger partial charge on any atom is 0.416 e. The highest BCUT2D eigenvalue weighted by Gasteiger charge is 2.31. The summed E-state index contributed by atoms with van der Waals surface area (Å²) >= 11 is 0. The van der Waals surface area contributed by atoms with E-state index in [-0.39, 0.29) is 24.4 Å². The lowest BCUT2D eigenvalue weighted by atomic mass is 10.1. The molecule has 0 amide bonds. The molecule has 0 aliphatic carbocycles. The number of hydrogen-bond donors (Lipinski definition) is 1. The van der Waals surface area contributed by atoms with Crippen molar-refractivity contribution in [1.82, 2.24) is 4.31 Å². The van der Waals surface area contributed by atoms with Gasteiger partial charge in [-0.25, -0.2) is 8.42 Å². The third-order valence-electron chi connectivity index (χ3n) is 5.10. The van der Waals surface area contributed by atoms with Crippen molar-refractivity contribution < 1.29 is 31.5 Å². The van der Waals surface area contributed by atoms with Gasteiger partial charge in [-0.05, 0) is 54.4 Å². The average Bonchev–Trinajstić information content (AvgIpc) is 2.69. The van der Waals surface area contributed by atoms with Crippen LogP contribution >= 0.6 is 0 Å². The summed E-state index contributed by atoms with van der Waals surface area (Å²) in [6, 6.07) is 9.21. The van der Waals surface area contributed by atoms with E-state index in [9.17, 15) is 26.4 Å². The van der Waals surface area contributed by atoms with E-state index in [1.54, 1.807) is 13.0 Å². The van der Waals surface area contributed by atoms with Gasteiger partial charge in [0.05, 0.1) is 16.9 Å². The fourth-order valence-electron chi connectivity index (χ4n) is 3.36. The first-order valence-electron chi connectivity index (χ1n) is 9.22. The summed E-state index contributed by atoms with van der Waals surface area (Å²) in [6.45, 7) is 2.73. The third-order valence-corrected chi connectivity index (χ3v) is 6.99. The van der Waals surface area contributed by atoms with Crippen LogP contribution in [0.1, 0.15) is 16.7 Å². The molecule has 3 rings (SSSR count). The number of sulfonamides is 1. The molecule has 0 saturated carbocycles. The number of aryl methyl sites for hydroxylation is 1. The molecule has 2 aromatic rings. The first-order valence-corrected chi connectivity index (χ1v) is 10.7. The van der Waals surface area contributed by atoms with E-state index in [0.717, 1.165) is 12.1 Å². The monoisotopic (exact) mass is 442 g/mol. The van der Waals surface area contributed by atoms with Crippen molar-refractivity contribution in [3.63, 3.8) is 0 Å². The molecule has 2 aromatic carbocycles. The number of aliphatic carboxylic acids is 1. The maximum absolute atomic E-state index is 13.0. The van der Waals surface area contributed by atoms with Crippen LogP contribution in [0.3, 0.4) is 0 Å². The minimum Gasteiger partial charge on any atom is -0.481 e. The number of alkyl halides is 3. The average molecular weight is 442 g/mol. The molecule has 6 nitrogen and oxygen atoms in total. The number of rotatable bonds is 5. The summed E-state index contributed by atoms with van der Waals surface area (Å²) in [4.78, 5) is 12.9. The summed E-state index contributed by atoms with van der Waals surface area (Å²) in [5, 5.41) is 9.01. The van der Waals surface area contributed by atoms with Gasteiger partial charge in [-0.1, -0.05) is 6.07 Å². The number of carbonyl (C=O) groups is 1. The van der Waals surface area contributed by atoms with Crippen LogP contribution in [0.15, 0.2) is 47.4 Å². The van der Waals surface area contributed by atoms with E-state index in [1.165, 1.54) is 28.6 Å². The Morgan fingerprint density at radius 3 is 2.17 bits per heavy atom. The number of piperazine rings is 1. The lowest BCUT2D eigenvalue weighted by molar-refractivity contribution is -0.138. The molecule has 1 saturated heterocycles. The molecule has 0 atom stereocenters. The number of carboxylic acid groups (broad SMARTS) is 1. The highest BCUT2D eigenvalue weighted by molar-refractivity contribution is 7.89. The maximum atomic E-state index is 13.0. The zero-order valence-electron chi connectivity index (χ0n) is 16.2. The van der Waals surface area contributed by atoms with Gasteiger partial charge in [-0.3, -0.25) is 4.79 Å². The van der Waals surface area contributed by atoms with Crippen molar-refractivity contribution in [2.24, 2.45) is 0 Å². The van der Waals surface area contributed by atoms with E-state index in [1.807, 2.05) is 4.90 Å². The summed E-state index contributed by atoms with van der Waals surface area (Å²) in [5.74, 6) is -1.04. The van der Waals surface area contributed by atoms with Gasteiger partial charge in [0, 0.05) is 31.9 Å². The lowest BCUT2D eigenvalue weighted by Crippen LogP contribution is -2.48.